The lowest BCUT2D eigenvalue weighted by Gasteiger charge is -2.12. The summed E-state index contributed by atoms with van der Waals surface area (Å²) in [7, 11) is -4.09. The standard InChI is InChI=1S/C16H14N4O6S/c21-15-13-6-1-2-7-14(13)16(22)19(15)9-8-17-18-27(25,26)12-5-3-4-11(10-12)20(23)24/h1-8,10,18,20,23H,9H2/b17-8-. The van der Waals surface area contributed by atoms with Crippen LogP contribution in [-0.4, -0.2) is 43.1 Å². The molecular formula is C16H14N4O6S. The first-order valence-corrected chi connectivity index (χ1v) is 9.11. The Hall–Kier alpha value is -3.12. The molecule has 0 saturated carbocycles. The lowest BCUT2D eigenvalue weighted by Crippen LogP contribution is -2.99. The Morgan fingerprint density at radius 1 is 1.11 bits per heavy atom. The van der Waals surface area contributed by atoms with E-state index in [4.69, 9.17) is 5.21 Å². The third kappa shape index (κ3) is 3.71. The van der Waals surface area contributed by atoms with Gasteiger partial charge in [0.1, 0.15) is 0 Å². The van der Waals surface area contributed by atoms with Crippen molar-refractivity contribution >= 4 is 33.7 Å². The highest BCUT2D eigenvalue weighted by molar-refractivity contribution is 7.89. The smallest absolute Gasteiger partial charge is 0.276 e. The van der Waals surface area contributed by atoms with E-state index in [0.717, 1.165) is 17.2 Å². The van der Waals surface area contributed by atoms with Crippen LogP contribution >= 0.6 is 0 Å². The fourth-order valence-electron chi connectivity index (χ4n) is 2.48. The highest BCUT2D eigenvalue weighted by Crippen LogP contribution is 2.21. The summed E-state index contributed by atoms with van der Waals surface area (Å²) in [6, 6.07) is 11.1. The zero-order valence-electron chi connectivity index (χ0n) is 13.7. The molecule has 0 saturated heterocycles. The summed E-state index contributed by atoms with van der Waals surface area (Å²) in [6.45, 7) is -0.218. The van der Waals surface area contributed by atoms with Crippen LogP contribution in [-0.2, 0) is 10.0 Å². The maximum atomic E-state index is 12.2. The first-order chi connectivity index (χ1) is 12.8. The molecule has 2 aromatic carbocycles. The van der Waals surface area contributed by atoms with E-state index in [-0.39, 0.29) is 28.3 Å². The van der Waals surface area contributed by atoms with E-state index >= 15 is 0 Å². The summed E-state index contributed by atoms with van der Waals surface area (Å²) in [5, 5.41) is 22.1. The van der Waals surface area contributed by atoms with Gasteiger partial charge < -0.3 is 5.21 Å². The van der Waals surface area contributed by atoms with E-state index in [1.165, 1.54) is 30.3 Å². The van der Waals surface area contributed by atoms with Crippen molar-refractivity contribution in [3.8, 4) is 0 Å². The third-order valence-corrected chi connectivity index (χ3v) is 5.02. The highest BCUT2D eigenvalue weighted by Gasteiger charge is 2.34. The van der Waals surface area contributed by atoms with Crippen LogP contribution in [0.1, 0.15) is 20.7 Å². The van der Waals surface area contributed by atoms with Crippen molar-refractivity contribution < 1.29 is 28.4 Å². The maximum Gasteiger partial charge on any atom is 0.276 e. The maximum absolute atomic E-state index is 12.2. The molecule has 2 aromatic rings. The van der Waals surface area contributed by atoms with Gasteiger partial charge >= 0.3 is 0 Å². The molecule has 0 aliphatic carbocycles. The van der Waals surface area contributed by atoms with E-state index in [9.17, 15) is 23.2 Å². The summed E-state index contributed by atoms with van der Waals surface area (Å²) >= 11 is 0. The number of nitrogens with zero attached hydrogens (tertiary/aromatic N) is 2. The number of fused-ring (bicyclic) bond motifs is 1. The number of quaternary nitrogens is 1. The van der Waals surface area contributed by atoms with E-state index < -0.39 is 27.1 Å². The number of carbonyl (C=O) groups is 2. The van der Waals surface area contributed by atoms with E-state index in [1.54, 1.807) is 12.1 Å². The van der Waals surface area contributed by atoms with Crippen molar-refractivity contribution in [1.29, 1.82) is 0 Å². The molecule has 1 atom stereocenters. The van der Waals surface area contributed by atoms with Crippen molar-refractivity contribution in [2.24, 2.45) is 5.10 Å². The number of hydrazone groups is 1. The Morgan fingerprint density at radius 2 is 1.74 bits per heavy atom. The van der Waals surface area contributed by atoms with Gasteiger partial charge in [-0.05, 0) is 18.2 Å². The Morgan fingerprint density at radius 3 is 2.33 bits per heavy atom. The van der Waals surface area contributed by atoms with Crippen molar-refractivity contribution in [2.75, 3.05) is 6.54 Å². The monoisotopic (exact) mass is 390 g/mol. The predicted molar refractivity (Wildman–Crippen MR) is 92.8 cm³/mol. The van der Waals surface area contributed by atoms with Gasteiger partial charge in [-0.2, -0.15) is 18.7 Å². The minimum atomic E-state index is -4.09. The third-order valence-electron chi connectivity index (χ3n) is 3.80. The zero-order chi connectivity index (χ0) is 19.6. The molecule has 0 radical (unpaired) electrons. The van der Waals surface area contributed by atoms with Crippen molar-refractivity contribution in [3.63, 3.8) is 0 Å². The molecule has 3 rings (SSSR count). The highest BCUT2D eigenvalue weighted by atomic mass is 32.2. The van der Waals surface area contributed by atoms with Gasteiger partial charge in [-0.25, -0.2) is 10.0 Å². The Labute approximate surface area is 153 Å². The van der Waals surface area contributed by atoms with Crippen LogP contribution in [0.5, 0.6) is 0 Å². The molecule has 2 amide bonds. The first-order valence-electron chi connectivity index (χ1n) is 7.63. The number of benzene rings is 2. The molecule has 0 bridgehead atoms. The molecule has 11 heteroatoms. The average Bonchev–Trinajstić information content (AvgIpc) is 2.90. The molecule has 1 heterocycles. The Balaban J connectivity index is 1.67. The Kier molecular flexibility index (Phi) is 5.01. The van der Waals surface area contributed by atoms with Gasteiger partial charge in [0.25, 0.3) is 21.8 Å². The molecule has 0 aromatic heterocycles. The topological polar surface area (TPSA) is 144 Å². The van der Waals surface area contributed by atoms with Gasteiger partial charge in [-0.15, -0.1) is 0 Å². The molecule has 1 aliphatic heterocycles. The predicted octanol–water partition coefficient (Wildman–Crippen LogP) is -0.350. The molecule has 3 N–H and O–H groups in total. The minimum Gasteiger partial charge on any atom is -0.595 e. The number of rotatable bonds is 6. The van der Waals surface area contributed by atoms with E-state index in [2.05, 4.69) is 5.10 Å². The largest absolute Gasteiger partial charge is 0.595 e. The van der Waals surface area contributed by atoms with Crippen LogP contribution in [0.2, 0.25) is 0 Å². The fraction of sp³-hybridized carbons (Fsp3) is 0.0625. The van der Waals surface area contributed by atoms with Crippen LogP contribution in [0.25, 0.3) is 0 Å². The van der Waals surface area contributed by atoms with Gasteiger partial charge in [0, 0.05) is 18.3 Å². The molecule has 0 fully saturated rings. The van der Waals surface area contributed by atoms with Crippen LogP contribution < -0.4 is 10.1 Å². The molecule has 10 nitrogen and oxygen atoms in total. The number of imide groups is 1. The second-order valence-corrected chi connectivity index (χ2v) is 7.17. The fourth-order valence-corrected chi connectivity index (χ4v) is 3.34. The summed E-state index contributed by atoms with van der Waals surface area (Å²) in [4.78, 5) is 26.9. The zero-order valence-corrected chi connectivity index (χ0v) is 14.5. The number of nitrogens with one attached hydrogen (secondary N) is 2. The molecule has 140 valence electrons. The molecular weight excluding hydrogens is 376 g/mol. The second kappa shape index (κ2) is 7.25. The quantitative estimate of drug-likeness (QED) is 0.349. The number of hydrogen-bond donors (Lipinski definition) is 3. The van der Waals surface area contributed by atoms with Gasteiger partial charge in [0.2, 0.25) is 0 Å². The summed E-state index contributed by atoms with van der Waals surface area (Å²) in [6.07, 6.45) is 1.07. The van der Waals surface area contributed by atoms with Crippen LogP contribution in [0.3, 0.4) is 0 Å². The van der Waals surface area contributed by atoms with Gasteiger partial charge in [-0.3, -0.25) is 14.5 Å². The summed E-state index contributed by atoms with van der Waals surface area (Å²) in [5.74, 6) is -0.974. The van der Waals surface area contributed by atoms with Crippen molar-refractivity contribution in [1.82, 2.24) is 9.73 Å². The van der Waals surface area contributed by atoms with Crippen LogP contribution in [0.15, 0.2) is 58.5 Å². The normalized spacial score (nSPS) is 15.3. The van der Waals surface area contributed by atoms with Gasteiger partial charge in [0.15, 0.2) is 5.69 Å². The lowest BCUT2D eigenvalue weighted by atomic mass is 10.1. The van der Waals surface area contributed by atoms with Crippen molar-refractivity contribution in [2.45, 2.75) is 4.90 Å². The molecule has 27 heavy (non-hydrogen) atoms. The van der Waals surface area contributed by atoms with Gasteiger partial charge in [-0.1, -0.05) is 18.2 Å². The first kappa shape index (κ1) is 18.7. The summed E-state index contributed by atoms with van der Waals surface area (Å²) < 4.78 is 24.3. The summed E-state index contributed by atoms with van der Waals surface area (Å²) in [5.41, 5.74) is 0.372. The molecule has 1 unspecified atom stereocenters. The SMILES string of the molecule is O=C1c2ccccc2C(=O)N1C/C=N\NS(=O)(=O)c1cccc([NH+]([O-])O)c1. The lowest BCUT2D eigenvalue weighted by molar-refractivity contribution is -0.991. The number of amides is 2. The second-order valence-electron chi connectivity index (χ2n) is 5.51. The van der Waals surface area contributed by atoms with Crippen molar-refractivity contribution in [3.05, 3.63) is 64.9 Å². The number of sulfonamides is 1. The number of carbonyl (C=O) groups excluding carboxylic acids is 2. The average molecular weight is 390 g/mol. The molecule has 1 aliphatic rings. The molecule has 0 spiro atoms. The van der Waals surface area contributed by atoms with Gasteiger partial charge in [0.05, 0.1) is 22.6 Å². The van der Waals surface area contributed by atoms with Crippen LogP contribution in [0, 0.1) is 5.21 Å². The van der Waals surface area contributed by atoms with Crippen LogP contribution in [0.4, 0.5) is 5.69 Å². The van der Waals surface area contributed by atoms with E-state index in [1.807, 2.05) is 4.83 Å². The Bertz CT molecular complexity index is 1000. The minimum absolute atomic E-state index is 0.187. The number of hydrogen-bond acceptors (Lipinski definition) is 7. The van der Waals surface area contributed by atoms with E-state index in [0.29, 0.717) is 0 Å².